The molecule has 5 nitrogen and oxygen atoms in total. The minimum absolute atomic E-state index is 0.0438. The van der Waals surface area contributed by atoms with Crippen molar-refractivity contribution >= 4 is 12.1 Å². The summed E-state index contributed by atoms with van der Waals surface area (Å²) in [5.74, 6) is 0.361. The zero-order chi connectivity index (χ0) is 14.8. The number of hydrogen-bond acceptors (Lipinski definition) is 4. The molecule has 2 N–H and O–H groups in total. The van der Waals surface area contributed by atoms with E-state index < -0.39 is 0 Å². The molecule has 0 aliphatic heterocycles. The molecule has 0 bridgehead atoms. The standard InChI is InChI=1S/C15H22N2O3/c1-3-4-5-6-7-15(19)17-16-11-12-8-9-14(20-2)13(18)10-12/h8-11,18H,3-7H2,1-2H3,(H,17,19)/b16-11+. The number of nitrogens with one attached hydrogen (secondary N) is 1. The van der Waals surface area contributed by atoms with Crippen molar-refractivity contribution in [3.63, 3.8) is 0 Å². The van der Waals surface area contributed by atoms with Crippen LogP contribution in [0.5, 0.6) is 11.5 Å². The highest BCUT2D eigenvalue weighted by Gasteiger charge is 2.01. The second-order valence-electron chi connectivity index (χ2n) is 4.54. The van der Waals surface area contributed by atoms with Crippen molar-refractivity contribution in [1.29, 1.82) is 0 Å². The topological polar surface area (TPSA) is 70.9 Å². The van der Waals surface area contributed by atoms with Gasteiger partial charge in [-0.25, -0.2) is 5.43 Å². The summed E-state index contributed by atoms with van der Waals surface area (Å²) >= 11 is 0. The minimum atomic E-state index is -0.0879. The number of carbonyl (C=O) groups is 1. The molecule has 0 heterocycles. The number of phenols is 1. The van der Waals surface area contributed by atoms with Crippen LogP contribution in [0.4, 0.5) is 0 Å². The molecule has 0 spiro atoms. The van der Waals surface area contributed by atoms with Crippen LogP contribution in [0.15, 0.2) is 23.3 Å². The highest BCUT2D eigenvalue weighted by molar-refractivity contribution is 5.83. The Morgan fingerprint density at radius 2 is 2.20 bits per heavy atom. The fourth-order valence-electron chi connectivity index (χ4n) is 1.73. The third-order valence-corrected chi connectivity index (χ3v) is 2.86. The summed E-state index contributed by atoms with van der Waals surface area (Å²) < 4.78 is 4.94. The molecule has 0 unspecified atom stereocenters. The second-order valence-corrected chi connectivity index (χ2v) is 4.54. The molecular formula is C15H22N2O3. The summed E-state index contributed by atoms with van der Waals surface area (Å²) in [7, 11) is 1.49. The van der Waals surface area contributed by atoms with E-state index in [9.17, 15) is 9.90 Å². The van der Waals surface area contributed by atoms with Crippen LogP contribution in [0, 0.1) is 0 Å². The van der Waals surface area contributed by atoms with Crippen LogP contribution >= 0.6 is 0 Å². The van der Waals surface area contributed by atoms with Gasteiger partial charge in [0.2, 0.25) is 5.91 Å². The second kappa shape index (κ2) is 8.96. The molecule has 0 atom stereocenters. The average Bonchev–Trinajstić information content (AvgIpc) is 2.44. The molecule has 0 aliphatic carbocycles. The predicted molar refractivity (Wildman–Crippen MR) is 79.2 cm³/mol. The molecule has 1 amide bonds. The van der Waals surface area contributed by atoms with Crippen molar-refractivity contribution in [3.8, 4) is 11.5 Å². The number of rotatable bonds is 8. The molecule has 0 radical (unpaired) electrons. The molecule has 20 heavy (non-hydrogen) atoms. The maximum absolute atomic E-state index is 11.5. The lowest BCUT2D eigenvalue weighted by Gasteiger charge is -2.03. The third-order valence-electron chi connectivity index (χ3n) is 2.86. The lowest BCUT2D eigenvalue weighted by atomic mass is 10.1. The number of benzene rings is 1. The number of aromatic hydroxyl groups is 1. The Labute approximate surface area is 119 Å². The van der Waals surface area contributed by atoms with Crippen molar-refractivity contribution in [2.75, 3.05) is 7.11 Å². The summed E-state index contributed by atoms with van der Waals surface area (Å²) in [6.45, 7) is 2.13. The lowest BCUT2D eigenvalue weighted by Crippen LogP contribution is -2.16. The van der Waals surface area contributed by atoms with Gasteiger partial charge in [-0.05, 0) is 30.2 Å². The molecule has 0 aromatic heterocycles. The number of unbranched alkanes of at least 4 members (excludes halogenated alkanes) is 3. The fourth-order valence-corrected chi connectivity index (χ4v) is 1.73. The molecule has 110 valence electrons. The lowest BCUT2D eigenvalue weighted by molar-refractivity contribution is -0.121. The van der Waals surface area contributed by atoms with E-state index in [-0.39, 0.29) is 11.7 Å². The fraction of sp³-hybridized carbons (Fsp3) is 0.467. The molecule has 5 heteroatoms. The normalized spacial score (nSPS) is 10.7. The van der Waals surface area contributed by atoms with Crippen molar-refractivity contribution in [3.05, 3.63) is 23.8 Å². The van der Waals surface area contributed by atoms with Gasteiger partial charge in [-0.15, -0.1) is 0 Å². The zero-order valence-corrected chi connectivity index (χ0v) is 12.1. The number of amides is 1. The monoisotopic (exact) mass is 278 g/mol. The van der Waals surface area contributed by atoms with Crippen molar-refractivity contribution in [1.82, 2.24) is 5.43 Å². The van der Waals surface area contributed by atoms with Crippen LogP contribution in [-0.2, 0) is 4.79 Å². The molecule has 0 saturated heterocycles. The zero-order valence-electron chi connectivity index (χ0n) is 12.1. The predicted octanol–water partition coefficient (Wildman–Crippen LogP) is 2.82. The number of hydrogen-bond donors (Lipinski definition) is 2. The van der Waals surface area contributed by atoms with Gasteiger partial charge < -0.3 is 9.84 Å². The van der Waals surface area contributed by atoms with Crippen LogP contribution in [0.2, 0.25) is 0 Å². The first-order valence-corrected chi connectivity index (χ1v) is 6.86. The maximum atomic E-state index is 11.5. The Bertz CT molecular complexity index is 458. The number of methoxy groups -OCH3 is 1. The highest BCUT2D eigenvalue weighted by Crippen LogP contribution is 2.25. The number of carbonyl (C=O) groups excluding carboxylic acids is 1. The van der Waals surface area contributed by atoms with E-state index in [0.717, 1.165) is 25.7 Å². The smallest absolute Gasteiger partial charge is 0.240 e. The van der Waals surface area contributed by atoms with Crippen LogP contribution in [-0.4, -0.2) is 24.3 Å². The summed E-state index contributed by atoms with van der Waals surface area (Å²) in [6.07, 6.45) is 6.25. The molecule has 1 rings (SSSR count). The van der Waals surface area contributed by atoms with Crippen molar-refractivity contribution in [2.24, 2.45) is 5.10 Å². The number of ether oxygens (including phenoxy) is 1. The highest BCUT2D eigenvalue weighted by atomic mass is 16.5. The molecule has 0 aliphatic rings. The molecular weight excluding hydrogens is 256 g/mol. The molecule has 1 aromatic rings. The first-order valence-electron chi connectivity index (χ1n) is 6.86. The van der Waals surface area contributed by atoms with Gasteiger partial charge >= 0.3 is 0 Å². The maximum Gasteiger partial charge on any atom is 0.240 e. The van der Waals surface area contributed by atoms with Gasteiger partial charge in [-0.3, -0.25) is 4.79 Å². The first kappa shape index (κ1) is 16.0. The van der Waals surface area contributed by atoms with Gasteiger partial charge in [0, 0.05) is 6.42 Å². The minimum Gasteiger partial charge on any atom is -0.504 e. The quantitative estimate of drug-likeness (QED) is 0.436. The van der Waals surface area contributed by atoms with Gasteiger partial charge in [0.15, 0.2) is 11.5 Å². The average molecular weight is 278 g/mol. The van der Waals surface area contributed by atoms with Crippen LogP contribution in [0.1, 0.15) is 44.6 Å². The van der Waals surface area contributed by atoms with Gasteiger partial charge in [-0.1, -0.05) is 26.2 Å². The van der Waals surface area contributed by atoms with Gasteiger partial charge in [0.25, 0.3) is 0 Å². The van der Waals surface area contributed by atoms with E-state index in [1.54, 1.807) is 12.1 Å². The van der Waals surface area contributed by atoms with Gasteiger partial charge in [0.1, 0.15) is 0 Å². The Morgan fingerprint density at radius 1 is 1.40 bits per heavy atom. The van der Waals surface area contributed by atoms with Crippen molar-refractivity contribution in [2.45, 2.75) is 39.0 Å². The summed E-state index contributed by atoms with van der Waals surface area (Å²) in [5, 5.41) is 13.5. The Morgan fingerprint density at radius 3 is 2.85 bits per heavy atom. The third kappa shape index (κ3) is 5.73. The van der Waals surface area contributed by atoms with E-state index >= 15 is 0 Å². The number of nitrogens with zero attached hydrogens (tertiary/aromatic N) is 1. The van der Waals surface area contributed by atoms with Crippen LogP contribution < -0.4 is 10.2 Å². The molecule has 1 aromatic carbocycles. The molecule has 0 fully saturated rings. The Kier molecular flexibility index (Phi) is 7.17. The van der Waals surface area contributed by atoms with E-state index in [1.165, 1.54) is 19.4 Å². The van der Waals surface area contributed by atoms with Crippen LogP contribution in [0.25, 0.3) is 0 Å². The van der Waals surface area contributed by atoms with Gasteiger partial charge in [0.05, 0.1) is 13.3 Å². The Balaban J connectivity index is 2.37. The van der Waals surface area contributed by atoms with E-state index in [2.05, 4.69) is 17.5 Å². The van der Waals surface area contributed by atoms with Crippen LogP contribution in [0.3, 0.4) is 0 Å². The number of phenolic OH excluding ortho intramolecular Hbond substituents is 1. The van der Waals surface area contributed by atoms with E-state index in [1.807, 2.05) is 0 Å². The van der Waals surface area contributed by atoms with Gasteiger partial charge in [-0.2, -0.15) is 5.10 Å². The summed E-state index contributed by atoms with van der Waals surface area (Å²) in [6, 6.07) is 4.91. The number of hydrazone groups is 1. The van der Waals surface area contributed by atoms with E-state index in [0.29, 0.717) is 17.7 Å². The van der Waals surface area contributed by atoms with Crippen molar-refractivity contribution < 1.29 is 14.6 Å². The Hall–Kier alpha value is -2.04. The van der Waals surface area contributed by atoms with E-state index in [4.69, 9.17) is 4.74 Å². The SMILES string of the molecule is CCCCCCC(=O)N/N=C/c1ccc(OC)c(O)c1. The summed E-state index contributed by atoms with van der Waals surface area (Å²) in [4.78, 5) is 11.5. The summed E-state index contributed by atoms with van der Waals surface area (Å²) in [5.41, 5.74) is 3.16. The molecule has 0 saturated carbocycles. The first-order chi connectivity index (χ1) is 9.67. The largest absolute Gasteiger partial charge is 0.504 e.